The monoisotopic (exact) mass is 358 g/mol. The molecule has 136 valence electrons. The van der Waals surface area contributed by atoms with Crippen molar-refractivity contribution in [2.75, 3.05) is 6.61 Å². The molecule has 26 heavy (non-hydrogen) atoms. The number of nitrogens with one attached hydrogen (secondary N) is 1. The number of carbonyl (C=O) groups is 2. The van der Waals surface area contributed by atoms with E-state index >= 15 is 0 Å². The summed E-state index contributed by atoms with van der Waals surface area (Å²) in [7, 11) is 0. The van der Waals surface area contributed by atoms with Crippen LogP contribution in [0.1, 0.15) is 52.3 Å². The molecule has 1 heterocycles. The number of rotatable bonds is 7. The second kappa shape index (κ2) is 7.51. The Hall–Kier alpha value is -2.96. The van der Waals surface area contributed by atoms with Gasteiger partial charge in [0.15, 0.2) is 11.6 Å². The molecular weight excluding hydrogens is 339 g/mol. The van der Waals surface area contributed by atoms with Crippen molar-refractivity contribution in [3.8, 4) is 5.75 Å². The summed E-state index contributed by atoms with van der Waals surface area (Å²) >= 11 is 0. The molecule has 1 aromatic carbocycles. The van der Waals surface area contributed by atoms with E-state index in [9.17, 15) is 14.0 Å². The second-order valence-electron chi connectivity index (χ2n) is 6.35. The minimum atomic E-state index is -1.21. The van der Waals surface area contributed by atoms with Gasteiger partial charge >= 0.3 is 5.97 Å². The molecule has 2 N–H and O–H groups in total. The van der Waals surface area contributed by atoms with Crippen LogP contribution in [0.25, 0.3) is 0 Å². The number of hydrogen-bond acceptors (Lipinski definition) is 4. The van der Waals surface area contributed by atoms with E-state index in [1.54, 1.807) is 19.1 Å². The topological polar surface area (TPSA) is 88.5 Å². The molecule has 1 amide bonds. The van der Waals surface area contributed by atoms with Gasteiger partial charge in [-0.25, -0.2) is 14.2 Å². The van der Waals surface area contributed by atoms with Gasteiger partial charge in [0.2, 0.25) is 0 Å². The van der Waals surface area contributed by atoms with E-state index in [2.05, 4.69) is 10.3 Å². The molecule has 6 nitrogen and oxygen atoms in total. The molecule has 2 aromatic rings. The Morgan fingerprint density at radius 3 is 2.69 bits per heavy atom. The van der Waals surface area contributed by atoms with Crippen molar-refractivity contribution < 1.29 is 23.8 Å². The quantitative estimate of drug-likeness (QED) is 0.793. The van der Waals surface area contributed by atoms with Gasteiger partial charge < -0.3 is 15.2 Å². The molecule has 3 rings (SSSR count). The van der Waals surface area contributed by atoms with Gasteiger partial charge in [-0.05, 0) is 55.5 Å². The van der Waals surface area contributed by atoms with Gasteiger partial charge in [0.25, 0.3) is 5.91 Å². The van der Waals surface area contributed by atoms with Crippen LogP contribution in [0.15, 0.2) is 36.4 Å². The highest BCUT2D eigenvalue weighted by Gasteiger charge is 2.23. The number of hydrogen-bond donors (Lipinski definition) is 2. The fourth-order valence-electron chi connectivity index (χ4n) is 2.43. The van der Waals surface area contributed by atoms with Crippen molar-refractivity contribution >= 4 is 11.9 Å². The number of pyridine rings is 1. The molecule has 0 spiro atoms. The predicted molar refractivity (Wildman–Crippen MR) is 91.7 cm³/mol. The van der Waals surface area contributed by atoms with Crippen LogP contribution in [0.4, 0.5) is 4.39 Å². The SMILES string of the molecule is CC(NC(=O)c1cccc(C(=O)O)n1)c1ccc(OCC2CC2)c(F)c1. The molecule has 0 aliphatic heterocycles. The molecule has 1 atom stereocenters. The number of carboxylic acids is 1. The van der Waals surface area contributed by atoms with Crippen molar-refractivity contribution in [3.05, 3.63) is 59.2 Å². The number of ether oxygens (including phenoxy) is 1. The van der Waals surface area contributed by atoms with Crippen molar-refractivity contribution in [2.24, 2.45) is 5.92 Å². The molecule has 7 heteroatoms. The molecular formula is C19H19FN2O4. The fourth-order valence-corrected chi connectivity index (χ4v) is 2.43. The highest BCUT2D eigenvalue weighted by Crippen LogP contribution is 2.30. The Bertz CT molecular complexity index is 836. The van der Waals surface area contributed by atoms with E-state index < -0.39 is 23.7 Å². The number of amides is 1. The summed E-state index contributed by atoms with van der Waals surface area (Å²) in [5.74, 6) is -1.49. The lowest BCUT2D eigenvalue weighted by molar-refractivity contribution is 0.0690. The van der Waals surface area contributed by atoms with Crippen LogP contribution >= 0.6 is 0 Å². The van der Waals surface area contributed by atoms with Crippen LogP contribution in [0.3, 0.4) is 0 Å². The number of benzene rings is 1. The van der Waals surface area contributed by atoms with Crippen molar-refractivity contribution in [1.29, 1.82) is 0 Å². The van der Waals surface area contributed by atoms with Crippen LogP contribution in [-0.4, -0.2) is 28.6 Å². The van der Waals surface area contributed by atoms with E-state index in [0.717, 1.165) is 12.8 Å². The van der Waals surface area contributed by atoms with Crippen molar-refractivity contribution in [1.82, 2.24) is 10.3 Å². The average Bonchev–Trinajstić information content (AvgIpc) is 3.45. The third-order valence-corrected chi connectivity index (χ3v) is 4.18. The Labute approximate surface area is 150 Å². The maximum absolute atomic E-state index is 14.2. The van der Waals surface area contributed by atoms with Crippen molar-refractivity contribution in [3.63, 3.8) is 0 Å². The number of carbonyl (C=O) groups excluding carboxylic acids is 1. The smallest absolute Gasteiger partial charge is 0.354 e. The first kappa shape index (κ1) is 17.8. The van der Waals surface area contributed by atoms with Gasteiger partial charge in [-0.3, -0.25) is 4.79 Å². The summed E-state index contributed by atoms with van der Waals surface area (Å²) in [6.07, 6.45) is 2.25. The summed E-state index contributed by atoms with van der Waals surface area (Å²) in [4.78, 5) is 27.0. The van der Waals surface area contributed by atoms with Gasteiger partial charge in [0.05, 0.1) is 12.6 Å². The molecule has 1 saturated carbocycles. The molecule has 1 aromatic heterocycles. The Morgan fingerprint density at radius 2 is 2.04 bits per heavy atom. The van der Waals surface area contributed by atoms with Gasteiger partial charge in [-0.15, -0.1) is 0 Å². The molecule has 0 bridgehead atoms. The normalized spacial score (nSPS) is 14.5. The lowest BCUT2D eigenvalue weighted by Crippen LogP contribution is -2.28. The minimum absolute atomic E-state index is 0.0124. The zero-order valence-electron chi connectivity index (χ0n) is 14.2. The lowest BCUT2D eigenvalue weighted by Gasteiger charge is -2.15. The van der Waals surface area contributed by atoms with Gasteiger partial charge in [-0.1, -0.05) is 12.1 Å². The summed E-state index contributed by atoms with van der Waals surface area (Å²) in [6.45, 7) is 2.23. The Kier molecular flexibility index (Phi) is 5.16. The molecule has 1 unspecified atom stereocenters. The van der Waals surface area contributed by atoms with Crippen LogP contribution in [-0.2, 0) is 0 Å². The second-order valence-corrected chi connectivity index (χ2v) is 6.35. The Balaban J connectivity index is 1.65. The molecule has 1 fully saturated rings. The van der Waals surface area contributed by atoms with Gasteiger partial charge in [0.1, 0.15) is 11.4 Å². The first-order chi connectivity index (χ1) is 12.4. The third kappa shape index (κ3) is 4.36. The maximum Gasteiger partial charge on any atom is 0.354 e. The summed E-state index contributed by atoms with van der Waals surface area (Å²) in [6, 6.07) is 8.26. The van der Waals surface area contributed by atoms with Crippen LogP contribution in [0.2, 0.25) is 0 Å². The zero-order chi connectivity index (χ0) is 18.7. The predicted octanol–water partition coefficient (Wildman–Crippen LogP) is 3.20. The van der Waals surface area contributed by atoms with Crippen LogP contribution in [0.5, 0.6) is 5.75 Å². The standard InChI is InChI=1S/C19H19FN2O4/c1-11(21-18(23)15-3-2-4-16(22-15)19(24)25)13-7-8-17(14(20)9-13)26-10-12-5-6-12/h2-4,7-9,11-12H,5-6,10H2,1H3,(H,21,23)(H,24,25). The van der Waals surface area contributed by atoms with Gasteiger partial charge in [0, 0.05) is 0 Å². The number of halogens is 1. The van der Waals surface area contributed by atoms with E-state index in [1.165, 1.54) is 24.3 Å². The first-order valence-corrected chi connectivity index (χ1v) is 8.37. The zero-order valence-corrected chi connectivity index (χ0v) is 14.2. The molecule has 1 aliphatic carbocycles. The third-order valence-electron chi connectivity index (χ3n) is 4.18. The number of nitrogens with zero attached hydrogens (tertiary/aromatic N) is 1. The first-order valence-electron chi connectivity index (χ1n) is 8.37. The van der Waals surface area contributed by atoms with E-state index in [0.29, 0.717) is 18.1 Å². The lowest BCUT2D eigenvalue weighted by atomic mass is 10.1. The van der Waals surface area contributed by atoms with Crippen LogP contribution in [0, 0.1) is 11.7 Å². The van der Waals surface area contributed by atoms with Gasteiger partial charge in [-0.2, -0.15) is 0 Å². The average molecular weight is 358 g/mol. The number of aromatic nitrogens is 1. The van der Waals surface area contributed by atoms with Crippen LogP contribution < -0.4 is 10.1 Å². The Morgan fingerprint density at radius 1 is 1.31 bits per heavy atom. The van der Waals surface area contributed by atoms with E-state index in [4.69, 9.17) is 9.84 Å². The van der Waals surface area contributed by atoms with Crippen molar-refractivity contribution in [2.45, 2.75) is 25.8 Å². The maximum atomic E-state index is 14.2. The van der Waals surface area contributed by atoms with E-state index in [-0.39, 0.29) is 17.1 Å². The molecule has 0 saturated heterocycles. The highest BCUT2D eigenvalue weighted by molar-refractivity contribution is 5.94. The summed E-state index contributed by atoms with van der Waals surface area (Å²) in [5, 5.41) is 11.6. The summed E-state index contributed by atoms with van der Waals surface area (Å²) < 4.78 is 19.6. The molecule has 0 radical (unpaired) electrons. The summed E-state index contributed by atoms with van der Waals surface area (Å²) in [5.41, 5.74) is 0.346. The number of aromatic carboxylic acids is 1. The minimum Gasteiger partial charge on any atom is -0.490 e. The largest absolute Gasteiger partial charge is 0.490 e. The molecule has 1 aliphatic rings. The number of carboxylic acid groups (broad SMARTS) is 1. The fraction of sp³-hybridized carbons (Fsp3) is 0.316. The van der Waals surface area contributed by atoms with E-state index in [1.807, 2.05) is 0 Å². The highest BCUT2D eigenvalue weighted by atomic mass is 19.1.